The summed E-state index contributed by atoms with van der Waals surface area (Å²) in [5, 5.41) is 17.7. The summed E-state index contributed by atoms with van der Waals surface area (Å²) in [5.41, 5.74) is 0.683. The zero-order chi connectivity index (χ0) is 10.6. The minimum absolute atomic E-state index is 0.144. The molecule has 0 fully saturated rings. The molecule has 1 aromatic carbocycles. The predicted octanol–water partition coefficient (Wildman–Crippen LogP) is 2.11. The highest BCUT2D eigenvalue weighted by atomic mass is 35.5. The number of carbonyl (C=O) groups is 1. The van der Waals surface area contributed by atoms with E-state index in [1.54, 1.807) is 30.3 Å². The fraction of sp³-hybridized carbons (Fsp3) is 0.200. The summed E-state index contributed by atoms with van der Waals surface area (Å²) >= 11 is 5.83. The Bertz CT molecular complexity index is 384. The maximum absolute atomic E-state index is 10.6. The lowest BCUT2D eigenvalue weighted by molar-refractivity contribution is -0.139. The summed E-state index contributed by atoms with van der Waals surface area (Å²) < 4.78 is 0. The average molecular weight is 210 g/mol. The number of hydrogen-bond donors (Lipinski definition) is 1. The molecule has 72 valence electrons. The summed E-state index contributed by atoms with van der Waals surface area (Å²) in [7, 11) is 0. The molecule has 0 saturated heterocycles. The molecule has 1 atom stereocenters. The maximum atomic E-state index is 10.6. The van der Waals surface area contributed by atoms with E-state index in [0.29, 0.717) is 10.6 Å². The van der Waals surface area contributed by atoms with Crippen molar-refractivity contribution in [2.24, 2.45) is 5.92 Å². The summed E-state index contributed by atoms with van der Waals surface area (Å²) in [6.07, 6.45) is 0.144. The zero-order valence-corrected chi connectivity index (χ0v) is 8.03. The van der Waals surface area contributed by atoms with Crippen LogP contribution in [-0.4, -0.2) is 11.1 Å². The van der Waals surface area contributed by atoms with Crippen molar-refractivity contribution < 1.29 is 9.90 Å². The second-order valence-electron chi connectivity index (χ2n) is 2.82. The van der Waals surface area contributed by atoms with Crippen LogP contribution in [0.4, 0.5) is 0 Å². The Labute approximate surface area is 86.5 Å². The van der Waals surface area contributed by atoms with Crippen molar-refractivity contribution in [2.45, 2.75) is 6.42 Å². The molecule has 0 amide bonds. The molecule has 0 aliphatic rings. The van der Waals surface area contributed by atoms with Crippen molar-refractivity contribution >= 4 is 17.6 Å². The van der Waals surface area contributed by atoms with Gasteiger partial charge in [-0.3, -0.25) is 4.79 Å². The van der Waals surface area contributed by atoms with Gasteiger partial charge in [-0.1, -0.05) is 29.8 Å². The van der Waals surface area contributed by atoms with Gasteiger partial charge in [-0.15, -0.1) is 0 Å². The number of carboxylic acids is 1. The van der Waals surface area contributed by atoms with E-state index in [0.717, 1.165) is 0 Å². The molecule has 3 nitrogen and oxygen atoms in total. The quantitative estimate of drug-likeness (QED) is 0.830. The number of hydrogen-bond acceptors (Lipinski definition) is 2. The largest absolute Gasteiger partial charge is 0.480 e. The summed E-state index contributed by atoms with van der Waals surface area (Å²) in [5.74, 6) is -2.15. The first-order chi connectivity index (χ1) is 6.65. The molecule has 0 radical (unpaired) electrons. The third kappa shape index (κ3) is 2.48. The molecule has 1 rings (SSSR count). The van der Waals surface area contributed by atoms with E-state index in [2.05, 4.69) is 0 Å². The smallest absolute Gasteiger partial charge is 0.321 e. The van der Waals surface area contributed by atoms with Crippen LogP contribution >= 0.6 is 11.6 Å². The SMILES string of the molecule is N#C[C@H](Cc1ccccc1Cl)C(=O)O. The van der Waals surface area contributed by atoms with Gasteiger partial charge in [-0.05, 0) is 11.6 Å². The number of benzene rings is 1. The van der Waals surface area contributed by atoms with Crippen LogP contribution in [0.15, 0.2) is 24.3 Å². The topological polar surface area (TPSA) is 61.1 Å². The van der Waals surface area contributed by atoms with Crippen molar-refractivity contribution in [1.29, 1.82) is 5.26 Å². The fourth-order valence-electron chi connectivity index (χ4n) is 1.07. The first-order valence-electron chi connectivity index (χ1n) is 4.01. The number of halogens is 1. The molecule has 1 N–H and O–H groups in total. The number of carboxylic acid groups (broad SMARTS) is 1. The summed E-state index contributed by atoms with van der Waals surface area (Å²) in [6.45, 7) is 0. The van der Waals surface area contributed by atoms with E-state index in [4.69, 9.17) is 22.0 Å². The van der Waals surface area contributed by atoms with Crippen molar-refractivity contribution in [3.63, 3.8) is 0 Å². The first-order valence-corrected chi connectivity index (χ1v) is 4.38. The van der Waals surface area contributed by atoms with Crippen LogP contribution in [0.25, 0.3) is 0 Å². The number of nitrogens with zero attached hydrogens (tertiary/aromatic N) is 1. The fourth-order valence-corrected chi connectivity index (χ4v) is 1.28. The van der Waals surface area contributed by atoms with Gasteiger partial charge in [0.15, 0.2) is 0 Å². The molecular weight excluding hydrogens is 202 g/mol. The number of aliphatic carboxylic acids is 1. The predicted molar refractivity (Wildman–Crippen MR) is 51.9 cm³/mol. The van der Waals surface area contributed by atoms with Gasteiger partial charge in [0.25, 0.3) is 0 Å². The van der Waals surface area contributed by atoms with Crippen molar-refractivity contribution in [3.8, 4) is 6.07 Å². The molecule has 14 heavy (non-hydrogen) atoms. The lowest BCUT2D eigenvalue weighted by atomic mass is 10.0. The van der Waals surface area contributed by atoms with Crippen LogP contribution in [0.3, 0.4) is 0 Å². The lowest BCUT2D eigenvalue weighted by Crippen LogP contribution is -2.14. The molecular formula is C10H8ClNO2. The van der Waals surface area contributed by atoms with E-state index >= 15 is 0 Å². The van der Waals surface area contributed by atoms with Crippen LogP contribution in [0.2, 0.25) is 5.02 Å². The van der Waals surface area contributed by atoms with Crippen molar-refractivity contribution in [1.82, 2.24) is 0 Å². The standard InChI is InChI=1S/C10H8ClNO2/c11-9-4-2-1-3-7(9)5-8(6-12)10(13)14/h1-4,8H,5H2,(H,13,14)/t8-/m0/s1. The summed E-state index contributed by atoms with van der Waals surface area (Å²) in [4.78, 5) is 10.6. The Morgan fingerprint density at radius 1 is 1.57 bits per heavy atom. The molecule has 0 aliphatic heterocycles. The van der Waals surface area contributed by atoms with Crippen LogP contribution in [-0.2, 0) is 11.2 Å². The van der Waals surface area contributed by atoms with E-state index in [9.17, 15) is 4.79 Å². The highest BCUT2D eigenvalue weighted by Crippen LogP contribution is 2.18. The number of nitriles is 1. The third-order valence-electron chi connectivity index (χ3n) is 1.84. The molecule has 0 heterocycles. The van der Waals surface area contributed by atoms with Crippen LogP contribution < -0.4 is 0 Å². The average Bonchev–Trinajstić information content (AvgIpc) is 2.16. The lowest BCUT2D eigenvalue weighted by Gasteiger charge is -2.05. The molecule has 0 spiro atoms. The van der Waals surface area contributed by atoms with E-state index in [-0.39, 0.29) is 6.42 Å². The van der Waals surface area contributed by atoms with Gasteiger partial charge in [-0.25, -0.2) is 0 Å². The third-order valence-corrected chi connectivity index (χ3v) is 2.20. The Hall–Kier alpha value is -1.53. The van der Waals surface area contributed by atoms with Crippen LogP contribution in [0, 0.1) is 17.2 Å². The maximum Gasteiger partial charge on any atom is 0.321 e. The van der Waals surface area contributed by atoms with E-state index in [1.807, 2.05) is 0 Å². The Kier molecular flexibility index (Phi) is 3.49. The van der Waals surface area contributed by atoms with Gasteiger partial charge in [0.05, 0.1) is 6.07 Å². The molecule has 0 aliphatic carbocycles. The molecule has 0 aromatic heterocycles. The molecule has 4 heteroatoms. The van der Waals surface area contributed by atoms with Gasteiger partial charge in [0.1, 0.15) is 5.92 Å². The Morgan fingerprint density at radius 3 is 2.71 bits per heavy atom. The Morgan fingerprint density at radius 2 is 2.21 bits per heavy atom. The second-order valence-corrected chi connectivity index (χ2v) is 3.22. The monoisotopic (exact) mass is 209 g/mol. The van der Waals surface area contributed by atoms with Gasteiger partial charge >= 0.3 is 5.97 Å². The van der Waals surface area contributed by atoms with Gasteiger partial charge < -0.3 is 5.11 Å². The van der Waals surface area contributed by atoms with Crippen molar-refractivity contribution in [3.05, 3.63) is 34.9 Å². The first kappa shape index (κ1) is 10.6. The highest BCUT2D eigenvalue weighted by molar-refractivity contribution is 6.31. The summed E-state index contributed by atoms with van der Waals surface area (Å²) in [6, 6.07) is 8.63. The van der Waals surface area contributed by atoms with Gasteiger partial charge in [0.2, 0.25) is 0 Å². The Balaban J connectivity index is 2.84. The van der Waals surface area contributed by atoms with E-state index in [1.165, 1.54) is 0 Å². The van der Waals surface area contributed by atoms with Gasteiger partial charge in [0, 0.05) is 11.4 Å². The number of rotatable bonds is 3. The minimum Gasteiger partial charge on any atom is -0.480 e. The van der Waals surface area contributed by atoms with Crippen LogP contribution in [0.5, 0.6) is 0 Å². The van der Waals surface area contributed by atoms with E-state index < -0.39 is 11.9 Å². The molecule has 1 aromatic rings. The highest BCUT2D eigenvalue weighted by Gasteiger charge is 2.17. The molecule has 0 unspecified atom stereocenters. The van der Waals surface area contributed by atoms with Crippen molar-refractivity contribution in [2.75, 3.05) is 0 Å². The zero-order valence-electron chi connectivity index (χ0n) is 7.27. The molecule has 0 saturated carbocycles. The minimum atomic E-state index is -1.12. The van der Waals surface area contributed by atoms with Crippen LogP contribution in [0.1, 0.15) is 5.56 Å². The molecule has 0 bridgehead atoms. The second kappa shape index (κ2) is 4.64. The van der Waals surface area contributed by atoms with Gasteiger partial charge in [-0.2, -0.15) is 5.26 Å². The normalized spacial score (nSPS) is 11.7.